The van der Waals surface area contributed by atoms with E-state index in [1.54, 1.807) is 11.9 Å². The van der Waals surface area contributed by atoms with Crippen LogP contribution in [-0.4, -0.2) is 42.5 Å². The lowest BCUT2D eigenvalue weighted by atomic mass is 10.0. The normalized spacial score (nSPS) is 28.9. The van der Waals surface area contributed by atoms with Crippen LogP contribution >= 0.6 is 11.6 Å². The van der Waals surface area contributed by atoms with Gasteiger partial charge < -0.3 is 9.64 Å². The van der Waals surface area contributed by atoms with E-state index in [-0.39, 0.29) is 17.4 Å². The summed E-state index contributed by atoms with van der Waals surface area (Å²) in [5, 5.41) is -0.0133. The van der Waals surface area contributed by atoms with Gasteiger partial charge in [0.15, 0.2) is 0 Å². The van der Waals surface area contributed by atoms with Crippen LogP contribution in [0.4, 0.5) is 0 Å². The Morgan fingerprint density at radius 3 is 2.79 bits per heavy atom. The fourth-order valence-electron chi connectivity index (χ4n) is 1.70. The maximum absolute atomic E-state index is 11.8. The molecule has 3 unspecified atom stereocenters. The summed E-state index contributed by atoms with van der Waals surface area (Å²) in [6.45, 7) is 5.20. The van der Waals surface area contributed by atoms with E-state index in [2.05, 4.69) is 0 Å². The van der Waals surface area contributed by atoms with Crippen LogP contribution in [0.1, 0.15) is 20.3 Å². The Morgan fingerprint density at radius 1 is 1.71 bits per heavy atom. The van der Waals surface area contributed by atoms with Crippen LogP contribution in [0.25, 0.3) is 0 Å². The second-order valence-electron chi connectivity index (χ2n) is 4.06. The van der Waals surface area contributed by atoms with Crippen molar-refractivity contribution >= 4 is 17.5 Å². The van der Waals surface area contributed by atoms with Crippen molar-refractivity contribution in [2.75, 3.05) is 20.2 Å². The van der Waals surface area contributed by atoms with Gasteiger partial charge in [-0.2, -0.15) is 0 Å². The van der Waals surface area contributed by atoms with Crippen LogP contribution in [0.2, 0.25) is 0 Å². The molecule has 0 aromatic carbocycles. The molecule has 0 spiro atoms. The predicted molar refractivity (Wildman–Crippen MR) is 56.5 cm³/mol. The van der Waals surface area contributed by atoms with E-state index in [4.69, 9.17) is 16.3 Å². The molecule has 4 heteroatoms. The average Bonchev–Trinajstić information content (AvgIpc) is 2.48. The van der Waals surface area contributed by atoms with Crippen molar-refractivity contribution in [1.82, 2.24) is 4.90 Å². The summed E-state index contributed by atoms with van der Waals surface area (Å²) in [4.78, 5) is 13.5. The molecular formula is C10H18ClNO2. The standard InChI is InChI=1S/C10H18ClNO2/c1-7-4-5-14-9(7)10(13)12(3)6-8(2)11/h7-9H,4-6H2,1-3H3. The van der Waals surface area contributed by atoms with Crippen LogP contribution in [0.5, 0.6) is 0 Å². The smallest absolute Gasteiger partial charge is 0.251 e. The van der Waals surface area contributed by atoms with Crippen molar-refractivity contribution < 1.29 is 9.53 Å². The van der Waals surface area contributed by atoms with Crippen molar-refractivity contribution in [2.45, 2.75) is 31.7 Å². The second-order valence-corrected chi connectivity index (χ2v) is 4.80. The lowest BCUT2D eigenvalue weighted by Gasteiger charge is -2.23. The number of amides is 1. The van der Waals surface area contributed by atoms with Gasteiger partial charge in [-0.05, 0) is 19.3 Å². The summed E-state index contributed by atoms with van der Waals surface area (Å²) in [5.74, 6) is 0.387. The fourth-order valence-corrected chi connectivity index (χ4v) is 1.90. The molecule has 1 aliphatic rings. The molecule has 1 heterocycles. The Labute approximate surface area is 90.4 Å². The molecule has 82 valence electrons. The molecule has 0 saturated carbocycles. The lowest BCUT2D eigenvalue weighted by molar-refractivity contribution is -0.141. The number of hydrogen-bond acceptors (Lipinski definition) is 2. The second kappa shape index (κ2) is 4.99. The topological polar surface area (TPSA) is 29.5 Å². The highest BCUT2D eigenvalue weighted by Crippen LogP contribution is 2.21. The van der Waals surface area contributed by atoms with E-state index >= 15 is 0 Å². The van der Waals surface area contributed by atoms with Gasteiger partial charge in [-0.15, -0.1) is 11.6 Å². The molecule has 1 rings (SSSR count). The highest BCUT2D eigenvalue weighted by atomic mass is 35.5. The maximum Gasteiger partial charge on any atom is 0.251 e. The first-order chi connectivity index (χ1) is 6.52. The predicted octanol–water partition coefficient (Wildman–Crippen LogP) is 1.50. The van der Waals surface area contributed by atoms with Gasteiger partial charge in [0.2, 0.25) is 0 Å². The molecule has 1 aliphatic heterocycles. The lowest BCUT2D eigenvalue weighted by Crippen LogP contribution is -2.40. The van der Waals surface area contributed by atoms with Crippen LogP contribution in [0, 0.1) is 5.92 Å². The van der Waals surface area contributed by atoms with Gasteiger partial charge in [-0.3, -0.25) is 4.79 Å². The highest BCUT2D eigenvalue weighted by molar-refractivity contribution is 6.20. The third-order valence-corrected chi connectivity index (χ3v) is 2.67. The van der Waals surface area contributed by atoms with E-state index in [1.807, 2.05) is 13.8 Å². The molecule has 0 N–H and O–H groups in total. The monoisotopic (exact) mass is 219 g/mol. The third kappa shape index (κ3) is 2.85. The number of carbonyl (C=O) groups excluding carboxylic acids is 1. The van der Waals surface area contributed by atoms with E-state index in [9.17, 15) is 4.79 Å². The molecule has 0 aliphatic carbocycles. The van der Waals surface area contributed by atoms with Crippen molar-refractivity contribution in [3.8, 4) is 0 Å². The van der Waals surface area contributed by atoms with Gasteiger partial charge in [-0.25, -0.2) is 0 Å². The molecule has 0 aromatic heterocycles. The summed E-state index contributed by atoms with van der Waals surface area (Å²) >= 11 is 5.83. The van der Waals surface area contributed by atoms with E-state index in [1.165, 1.54) is 0 Å². The summed E-state index contributed by atoms with van der Waals surface area (Å²) in [7, 11) is 1.77. The first-order valence-corrected chi connectivity index (χ1v) is 5.46. The molecule has 0 radical (unpaired) electrons. The number of alkyl halides is 1. The van der Waals surface area contributed by atoms with E-state index < -0.39 is 0 Å². The first kappa shape index (κ1) is 11.8. The van der Waals surface area contributed by atoms with E-state index in [0.717, 1.165) is 6.42 Å². The molecule has 0 bridgehead atoms. The minimum Gasteiger partial charge on any atom is -0.368 e. The minimum absolute atomic E-state index is 0.0133. The molecule has 3 atom stereocenters. The fraction of sp³-hybridized carbons (Fsp3) is 0.900. The molecule has 3 nitrogen and oxygen atoms in total. The van der Waals surface area contributed by atoms with Crippen LogP contribution < -0.4 is 0 Å². The van der Waals surface area contributed by atoms with Crippen LogP contribution in [0.3, 0.4) is 0 Å². The third-order valence-electron chi connectivity index (χ3n) is 2.53. The largest absolute Gasteiger partial charge is 0.368 e. The highest BCUT2D eigenvalue weighted by Gasteiger charge is 2.32. The molecule has 1 fully saturated rings. The maximum atomic E-state index is 11.8. The van der Waals surface area contributed by atoms with Gasteiger partial charge in [0.1, 0.15) is 6.10 Å². The van der Waals surface area contributed by atoms with Gasteiger partial charge in [0.25, 0.3) is 5.91 Å². The Bertz CT molecular complexity index is 208. The number of ether oxygens (including phenoxy) is 1. The summed E-state index contributed by atoms with van der Waals surface area (Å²) in [6.07, 6.45) is 0.719. The Hall–Kier alpha value is -0.280. The molecule has 14 heavy (non-hydrogen) atoms. The van der Waals surface area contributed by atoms with Crippen molar-refractivity contribution in [2.24, 2.45) is 5.92 Å². The SMILES string of the molecule is CC(Cl)CN(C)C(=O)C1OCCC1C. The summed E-state index contributed by atoms with van der Waals surface area (Å²) in [5.41, 5.74) is 0. The van der Waals surface area contributed by atoms with Gasteiger partial charge in [-0.1, -0.05) is 6.92 Å². The molecule has 1 amide bonds. The number of halogens is 1. The molecule has 1 saturated heterocycles. The zero-order valence-electron chi connectivity index (χ0n) is 9.00. The van der Waals surface area contributed by atoms with Crippen LogP contribution in [-0.2, 0) is 9.53 Å². The number of hydrogen-bond donors (Lipinski definition) is 0. The van der Waals surface area contributed by atoms with Crippen molar-refractivity contribution in [3.63, 3.8) is 0 Å². The summed E-state index contributed by atoms with van der Waals surface area (Å²) < 4.78 is 5.40. The van der Waals surface area contributed by atoms with Gasteiger partial charge in [0.05, 0.1) is 0 Å². The van der Waals surface area contributed by atoms with Crippen molar-refractivity contribution in [3.05, 3.63) is 0 Å². The Morgan fingerprint density at radius 2 is 2.36 bits per heavy atom. The zero-order chi connectivity index (χ0) is 10.7. The van der Waals surface area contributed by atoms with Gasteiger partial charge >= 0.3 is 0 Å². The number of nitrogens with zero attached hydrogens (tertiary/aromatic N) is 1. The van der Waals surface area contributed by atoms with Gasteiger partial charge in [0, 0.05) is 25.6 Å². The zero-order valence-corrected chi connectivity index (χ0v) is 9.75. The molecular weight excluding hydrogens is 202 g/mol. The quantitative estimate of drug-likeness (QED) is 0.674. The van der Waals surface area contributed by atoms with E-state index in [0.29, 0.717) is 19.1 Å². The number of likely N-dealkylation sites (N-methyl/N-ethyl adjacent to an activating group) is 1. The average molecular weight is 220 g/mol. The minimum atomic E-state index is -0.254. The Balaban J connectivity index is 2.47. The Kier molecular flexibility index (Phi) is 4.20. The first-order valence-electron chi connectivity index (χ1n) is 5.03. The number of rotatable bonds is 3. The van der Waals surface area contributed by atoms with Crippen LogP contribution in [0.15, 0.2) is 0 Å². The van der Waals surface area contributed by atoms with Crippen molar-refractivity contribution in [1.29, 1.82) is 0 Å². The summed E-state index contributed by atoms with van der Waals surface area (Å²) in [6, 6.07) is 0. The molecule has 0 aromatic rings. The number of carbonyl (C=O) groups is 1.